The van der Waals surface area contributed by atoms with E-state index in [1.54, 1.807) is 15.7 Å². The van der Waals surface area contributed by atoms with Crippen LogP contribution in [0.2, 0.25) is 0 Å². The van der Waals surface area contributed by atoms with Gasteiger partial charge in [-0.1, -0.05) is 6.07 Å². The number of H-pyrrole nitrogens is 1. The van der Waals surface area contributed by atoms with Gasteiger partial charge in [-0.25, -0.2) is 13.9 Å². The van der Waals surface area contributed by atoms with Gasteiger partial charge in [-0.3, -0.25) is 4.79 Å². The summed E-state index contributed by atoms with van der Waals surface area (Å²) in [6.07, 6.45) is 4.13. The zero-order valence-corrected chi connectivity index (χ0v) is 16.8. The van der Waals surface area contributed by atoms with E-state index in [0.717, 1.165) is 22.5 Å². The maximum atomic E-state index is 14.1. The molecule has 0 saturated heterocycles. The van der Waals surface area contributed by atoms with Gasteiger partial charge in [0.05, 0.1) is 23.2 Å². The number of fused-ring (bicyclic) bond motifs is 2. The van der Waals surface area contributed by atoms with E-state index in [9.17, 15) is 9.18 Å². The number of hydrogen-bond acceptors (Lipinski definition) is 6. The molecule has 30 heavy (non-hydrogen) atoms. The summed E-state index contributed by atoms with van der Waals surface area (Å²) in [5.74, 6) is -0.965. The van der Waals surface area contributed by atoms with Gasteiger partial charge in [0.1, 0.15) is 6.04 Å². The van der Waals surface area contributed by atoms with Crippen LogP contribution in [0, 0.1) is 6.92 Å². The van der Waals surface area contributed by atoms with Crippen LogP contribution in [0.1, 0.15) is 59.1 Å². The van der Waals surface area contributed by atoms with Crippen LogP contribution in [0.25, 0.3) is 5.52 Å². The Balaban J connectivity index is 1.58. The molecule has 4 aromatic rings. The molecule has 5 heterocycles. The van der Waals surface area contributed by atoms with Crippen molar-refractivity contribution in [2.75, 3.05) is 6.54 Å². The van der Waals surface area contributed by atoms with E-state index in [4.69, 9.17) is 4.42 Å². The lowest BCUT2D eigenvalue weighted by atomic mass is 9.99. The van der Waals surface area contributed by atoms with Gasteiger partial charge >= 0.3 is 11.8 Å². The van der Waals surface area contributed by atoms with Crippen LogP contribution in [-0.2, 0) is 12.1 Å². The zero-order chi connectivity index (χ0) is 21.0. The highest BCUT2D eigenvalue weighted by Crippen LogP contribution is 2.34. The maximum Gasteiger partial charge on any atom is 0.312 e. The minimum atomic E-state index is -1.83. The second-order valence-electron chi connectivity index (χ2n) is 7.95. The van der Waals surface area contributed by atoms with Crippen LogP contribution in [0.5, 0.6) is 0 Å². The van der Waals surface area contributed by atoms with E-state index in [2.05, 4.69) is 25.3 Å². The summed E-state index contributed by atoms with van der Waals surface area (Å²) in [6.45, 7) is 4.99. The van der Waals surface area contributed by atoms with Gasteiger partial charge < -0.3 is 14.3 Å². The number of imidazole rings is 1. The number of halogens is 1. The van der Waals surface area contributed by atoms with E-state index in [1.165, 1.54) is 13.8 Å². The molecule has 0 bridgehead atoms. The lowest BCUT2D eigenvalue weighted by Crippen LogP contribution is -2.41. The molecular formula is C20H20FN7O2. The predicted octanol–water partition coefficient (Wildman–Crippen LogP) is 2.74. The van der Waals surface area contributed by atoms with E-state index in [-0.39, 0.29) is 11.8 Å². The summed E-state index contributed by atoms with van der Waals surface area (Å²) in [5, 5.41) is 12.2. The van der Waals surface area contributed by atoms with Gasteiger partial charge in [0.25, 0.3) is 5.89 Å². The first-order chi connectivity index (χ1) is 14.3. The molecule has 0 radical (unpaired) electrons. The third kappa shape index (κ3) is 2.95. The first-order valence-electron chi connectivity index (χ1n) is 9.63. The quantitative estimate of drug-likeness (QED) is 0.558. The van der Waals surface area contributed by atoms with Crippen LogP contribution in [0.15, 0.2) is 35.1 Å². The molecule has 1 N–H and O–H groups in total. The number of rotatable bonds is 3. The summed E-state index contributed by atoms with van der Waals surface area (Å²) >= 11 is 0. The average Bonchev–Trinajstić information content (AvgIpc) is 3.43. The van der Waals surface area contributed by atoms with Crippen molar-refractivity contribution in [1.29, 1.82) is 0 Å². The average molecular weight is 409 g/mol. The molecule has 0 spiro atoms. The molecule has 154 valence electrons. The Bertz CT molecular complexity index is 1250. The van der Waals surface area contributed by atoms with Crippen molar-refractivity contribution in [3.05, 3.63) is 65.1 Å². The smallest absolute Gasteiger partial charge is 0.312 e. The number of hydrogen-bond donors (Lipinski definition) is 1. The van der Waals surface area contributed by atoms with Crippen molar-refractivity contribution in [3.63, 3.8) is 0 Å². The van der Waals surface area contributed by atoms with Gasteiger partial charge in [-0.15, -0.1) is 10.2 Å². The largest absolute Gasteiger partial charge is 0.413 e. The number of aromatic amines is 1. The molecule has 5 rings (SSSR count). The van der Waals surface area contributed by atoms with Crippen molar-refractivity contribution >= 4 is 11.4 Å². The fourth-order valence-electron chi connectivity index (χ4n) is 3.71. The maximum absolute atomic E-state index is 14.1. The van der Waals surface area contributed by atoms with Crippen LogP contribution < -0.4 is 0 Å². The third-order valence-electron chi connectivity index (χ3n) is 5.21. The first-order valence-corrected chi connectivity index (χ1v) is 9.63. The van der Waals surface area contributed by atoms with Crippen molar-refractivity contribution < 1.29 is 13.6 Å². The zero-order valence-electron chi connectivity index (χ0n) is 16.8. The van der Waals surface area contributed by atoms with Crippen molar-refractivity contribution in [2.45, 2.75) is 38.9 Å². The summed E-state index contributed by atoms with van der Waals surface area (Å²) in [7, 11) is 0. The van der Waals surface area contributed by atoms with E-state index in [1.807, 2.05) is 31.3 Å². The van der Waals surface area contributed by atoms with Crippen molar-refractivity contribution in [2.24, 2.45) is 0 Å². The minimum Gasteiger partial charge on any atom is -0.413 e. The van der Waals surface area contributed by atoms with Crippen LogP contribution in [0.4, 0.5) is 4.39 Å². The monoisotopic (exact) mass is 409 g/mol. The normalized spacial score (nSPS) is 16.8. The Labute approximate surface area is 170 Å². The Morgan fingerprint density at radius 2 is 2.17 bits per heavy atom. The molecule has 0 unspecified atom stereocenters. The van der Waals surface area contributed by atoms with Crippen LogP contribution in [-0.4, -0.2) is 47.1 Å². The second kappa shape index (κ2) is 6.48. The number of nitrogens with zero attached hydrogens (tertiary/aromatic N) is 6. The molecule has 1 aliphatic rings. The van der Waals surface area contributed by atoms with Gasteiger partial charge in [-0.2, -0.15) is 5.10 Å². The third-order valence-corrected chi connectivity index (χ3v) is 5.21. The minimum absolute atomic E-state index is 0.233. The summed E-state index contributed by atoms with van der Waals surface area (Å²) in [6, 6.07) is 5.38. The van der Waals surface area contributed by atoms with Gasteiger partial charge in [0.2, 0.25) is 0 Å². The molecule has 0 aromatic carbocycles. The highest BCUT2D eigenvalue weighted by atomic mass is 19.1. The SMILES string of the molecule is Cc1ccc2cc([C@H]3c4nc[nH]c4CCN3C(=O)c3nnc(C(C)(C)F)o3)nn2c1. The van der Waals surface area contributed by atoms with Gasteiger partial charge in [0, 0.05) is 24.9 Å². The van der Waals surface area contributed by atoms with E-state index in [0.29, 0.717) is 18.7 Å². The van der Waals surface area contributed by atoms with Crippen LogP contribution in [0.3, 0.4) is 0 Å². The van der Waals surface area contributed by atoms with Gasteiger partial charge in [0.15, 0.2) is 5.67 Å². The number of carbonyl (C=O) groups is 1. The molecule has 1 amide bonds. The van der Waals surface area contributed by atoms with Gasteiger partial charge in [-0.05, 0) is 38.5 Å². The van der Waals surface area contributed by atoms with Crippen molar-refractivity contribution in [3.8, 4) is 0 Å². The van der Waals surface area contributed by atoms with Crippen molar-refractivity contribution in [1.82, 2.24) is 34.7 Å². The fraction of sp³-hybridized carbons (Fsp3) is 0.350. The molecular weight excluding hydrogens is 389 g/mol. The van der Waals surface area contributed by atoms with E-state index >= 15 is 0 Å². The number of alkyl halides is 1. The Morgan fingerprint density at radius 3 is 2.93 bits per heavy atom. The number of aromatic nitrogens is 6. The summed E-state index contributed by atoms with van der Waals surface area (Å²) in [4.78, 5) is 22.4. The predicted molar refractivity (Wildman–Crippen MR) is 104 cm³/mol. The lowest BCUT2D eigenvalue weighted by Gasteiger charge is -2.32. The molecule has 0 aliphatic carbocycles. The summed E-state index contributed by atoms with van der Waals surface area (Å²) in [5.41, 5.74) is 2.49. The Hall–Kier alpha value is -3.56. The molecule has 0 saturated carbocycles. The molecule has 0 fully saturated rings. The highest BCUT2D eigenvalue weighted by Gasteiger charge is 2.39. The van der Waals surface area contributed by atoms with Crippen LogP contribution >= 0.6 is 0 Å². The molecule has 4 aromatic heterocycles. The molecule has 1 aliphatic heterocycles. The Kier molecular flexibility index (Phi) is 3.99. The number of pyridine rings is 1. The fourth-order valence-corrected chi connectivity index (χ4v) is 3.71. The number of aryl methyl sites for hydroxylation is 1. The Morgan fingerprint density at radius 1 is 1.33 bits per heavy atom. The standard InChI is InChI=1S/C20H20FN7O2/c1-11-4-5-12-8-14(26-28(12)9-11)16-15-13(22-10-23-15)6-7-27(16)18(29)17-24-25-19(30-17)20(2,3)21/h4-5,8-10,16H,6-7H2,1-3H3,(H,22,23)/t16-/m0/s1. The van der Waals surface area contributed by atoms with E-state index < -0.39 is 17.6 Å². The summed E-state index contributed by atoms with van der Waals surface area (Å²) < 4.78 is 21.3. The molecule has 10 heteroatoms. The number of carbonyl (C=O) groups excluding carboxylic acids is 1. The molecule has 9 nitrogen and oxygen atoms in total. The first kappa shape index (κ1) is 18.5. The highest BCUT2D eigenvalue weighted by molar-refractivity contribution is 5.90. The topological polar surface area (TPSA) is 105 Å². The second-order valence-corrected chi connectivity index (χ2v) is 7.95. The lowest BCUT2D eigenvalue weighted by molar-refractivity contribution is 0.0636. The number of nitrogens with one attached hydrogen (secondary N) is 1. The molecule has 1 atom stereocenters. The number of amides is 1.